The van der Waals surface area contributed by atoms with E-state index in [1.54, 1.807) is 21.3 Å². The van der Waals surface area contributed by atoms with Gasteiger partial charge < -0.3 is 25.3 Å². The minimum Gasteiger partial charge on any atom is -0.493 e. The van der Waals surface area contributed by atoms with Crippen LogP contribution in [0.5, 0.6) is 17.2 Å². The standard InChI is InChI=1S/C30H27N3O4S/c1-35-23-14-20(15-24(36-2)27(23)37-3)21-16-22(19-12-8-5-9-13-19)33-30-25(21)26(31)28(38-30)29(34)32-17-18-10-6-4-7-11-18/h4-16H,17,31H2,1-3H3,(H,32,34). The van der Waals surface area contributed by atoms with E-state index in [2.05, 4.69) is 5.32 Å². The number of fused-ring (bicyclic) bond motifs is 1. The molecule has 0 radical (unpaired) electrons. The SMILES string of the molecule is COc1cc(-c2cc(-c3ccccc3)nc3sc(C(=O)NCc4ccccc4)c(N)c23)cc(OC)c1OC. The summed E-state index contributed by atoms with van der Waals surface area (Å²) in [4.78, 5) is 19.2. The molecule has 2 heterocycles. The van der Waals surface area contributed by atoms with Gasteiger partial charge in [-0.1, -0.05) is 60.7 Å². The maximum Gasteiger partial charge on any atom is 0.263 e. The molecule has 0 unspecified atom stereocenters. The third-order valence-corrected chi connectivity index (χ3v) is 7.34. The molecule has 0 bridgehead atoms. The molecular weight excluding hydrogens is 498 g/mol. The number of hydrogen-bond acceptors (Lipinski definition) is 7. The number of pyridine rings is 1. The van der Waals surface area contributed by atoms with Crippen molar-refractivity contribution in [2.75, 3.05) is 27.1 Å². The van der Waals surface area contributed by atoms with Gasteiger partial charge in [-0.25, -0.2) is 4.98 Å². The van der Waals surface area contributed by atoms with Gasteiger partial charge in [0.25, 0.3) is 5.91 Å². The smallest absolute Gasteiger partial charge is 0.263 e. The van der Waals surface area contributed by atoms with Crippen molar-refractivity contribution in [3.63, 3.8) is 0 Å². The van der Waals surface area contributed by atoms with Gasteiger partial charge in [-0.15, -0.1) is 11.3 Å². The fourth-order valence-corrected chi connectivity index (χ4v) is 5.41. The number of hydrogen-bond donors (Lipinski definition) is 2. The van der Waals surface area contributed by atoms with Gasteiger partial charge in [0.2, 0.25) is 5.75 Å². The van der Waals surface area contributed by atoms with Gasteiger partial charge in [0.1, 0.15) is 9.71 Å². The first kappa shape index (κ1) is 25.1. The van der Waals surface area contributed by atoms with Gasteiger partial charge >= 0.3 is 0 Å². The summed E-state index contributed by atoms with van der Waals surface area (Å²) in [6, 6.07) is 25.3. The van der Waals surface area contributed by atoms with Gasteiger partial charge in [-0.2, -0.15) is 0 Å². The number of nitrogen functional groups attached to an aromatic ring is 1. The summed E-state index contributed by atoms with van der Waals surface area (Å²) in [7, 11) is 4.72. The number of nitrogens with zero attached hydrogens (tertiary/aromatic N) is 1. The molecule has 2 aromatic heterocycles. The lowest BCUT2D eigenvalue weighted by Crippen LogP contribution is -2.22. The number of amides is 1. The molecule has 0 aliphatic heterocycles. The van der Waals surface area contributed by atoms with E-state index >= 15 is 0 Å². The molecule has 0 fully saturated rings. The van der Waals surface area contributed by atoms with E-state index in [4.69, 9.17) is 24.9 Å². The molecule has 0 atom stereocenters. The zero-order valence-corrected chi connectivity index (χ0v) is 22.1. The monoisotopic (exact) mass is 525 g/mol. The van der Waals surface area contributed by atoms with Crippen LogP contribution in [0.4, 0.5) is 5.69 Å². The molecule has 5 rings (SSSR count). The van der Waals surface area contributed by atoms with Crippen LogP contribution in [-0.2, 0) is 6.54 Å². The molecule has 3 N–H and O–H groups in total. The summed E-state index contributed by atoms with van der Waals surface area (Å²) >= 11 is 1.28. The maximum absolute atomic E-state index is 13.2. The molecule has 3 aromatic carbocycles. The first-order chi connectivity index (χ1) is 18.5. The first-order valence-electron chi connectivity index (χ1n) is 11.9. The average molecular weight is 526 g/mol. The number of carbonyl (C=O) groups excluding carboxylic acids is 1. The van der Waals surface area contributed by atoms with E-state index in [0.717, 1.165) is 27.9 Å². The Bertz CT molecular complexity index is 1580. The number of methoxy groups -OCH3 is 3. The van der Waals surface area contributed by atoms with Crippen molar-refractivity contribution in [3.05, 3.63) is 89.3 Å². The fraction of sp³-hybridized carbons (Fsp3) is 0.133. The zero-order chi connectivity index (χ0) is 26.6. The van der Waals surface area contributed by atoms with Gasteiger partial charge in [-0.3, -0.25) is 4.79 Å². The van der Waals surface area contributed by atoms with Gasteiger partial charge in [0.15, 0.2) is 11.5 Å². The maximum atomic E-state index is 13.2. The fourth-order valence-electron chi connectivity index (χ4n) is 4.37. The van der Waals surface area contributed by atoms with Gasteiger partial charge in [0.05, 0.1) is 32.7 Å². The largest absolute Gasteiger partial charge is 0.493 e. The number of nitrogens with one attached hydrogen (secondary N) is 1. The van der Waals surface area contributed by atoms with Crippen LogP contribution in [0.1, 0.15) is 15.2 Å². The molecule has 7 nitrogen and oxygen atoms in total. The molecule has 0 spiro atoms. The Morgan fingerprint density at radius 3 is 2.11 bits per heavy atom. The molecule has 1 amide bonds. The quantitative estimate of drug-likeness (QED) is 0.252. The van der Waals surface area contributed by atoms with Gasteiger partial charge in [-0.05, 0) is 34.9 Å². The topological polar surface area (TPSA) is 95.7 Å². The Balaban J connectivity index is 1.68. The Labute approximate surface area is 224 Å². The summed E-state index contributed by atoms with van der Waals surface area (Å²) < 4.78 is 16.7. The van der Waals surface area contributed by atoms with E-state index in [0.29, 0.717) is 44.6 Å². The molecule has 5 aromatic rings. The second-order valence-corrected chi connectivity index (χ2v) is 9.53. The van der Waals surface area contributed by atoms with E-state index in [-0.39, 0.29) is 5.91 Å². The van der Waals surface area contributed by atoms with Crippen LogP contribution in [0.3, 0.4) is 0 Å². The number of nitrogens with two attached hydrogens (primary N) is 1. The highest BCUT2D eigenvalue weighted by molar-refractivity contribution is 7.21. The van der Waals surface area contributed by atoms with E-state index in [1.807, 2.05) is 78.9 Å². The minimum absolute atomic E-state index is 0.244. The lowest BCUT2D eigenvalue weighted by Gasteiger charge is -2.15. The number of aromatic nitrogens is 1. The summed E-state index contributed by atoms with van der Waals surface area (Å²) in [6.45, 7) is 0.399. The molecule has 0 saturated heterocycles. The molecule has 38 heavy (non-hydrogen) atoms. The summed E-state index contributed by atoms with van der Waals surface area (Å²) in [5.74, 6) is 1.28. The summed E-state index contributed by atoms with van der Waals surface area (Å²) in [5, 5.41) is 3.68. The Morgan fingerprint density at radius 2 is 1.50 bits per heavy atom. The highest BCUT2D eigenvalue weighted by atomic mass is 32.1. The van der Waals surface area contributed by atoms with Crippen LogP contribution in [0.2, 0.25) is 0 Å². The summed E-state index contributed by atoms with van der Waals surface area (Å²) in [6.07, 6.45) is 0. The molecule has 8 heteroatoms. The van der Waals surface area contributed by atoms with E-state index in [9.17, 15) is 4.79 Å². The van der Waals surface area contributed by atoms with Crippen molar-refractivity contribution in [2.45, 2.75) is 6.54 Å². The molecule has 0 aliphatic rings. The number of ether oxygens (including phenoxy) is 3. The van der Waals surface area contributed by atoms with Crippen LogP contribution < -0.4 is 25.3 Å². The highest BCUT2D eigenvalue weighted by Crippen LogP contribution is 2.46. The second-order valence-electron chi connectivity index (χ2n) is 8.53. The third-order valence-electron chi connectivity index (χ3n) is 6.25. The Morgan fingerprint density at radius 1 is 0.868 bits per heavy atom. The van der Waals surface area contributed by atoms with Crippen molar-refractivity contribution in [3.8, 4) is 39.6 Å². The summed E-state index contributed by atoms with van der Waals surface area (Å²) in [5.41, 5.74) is 11.4. The third kappa shape index (κ3) is 4.73. The second kappa shape index (κ2) is 10.8. The number of thiophene rings is 1. The number of rotatable bonds is 8. The number of benzene rings is 3. The predicted molar refractivity (Wildman–Crippen MR) is 152 cm³/mol. The van der Waals surface area contributed by atoms with Gasteiger partial charge in [0, 0.05) is 17.5 Å². The molecular formula is C30H27N3O4S. The van der Waals surface area contributed by atoms with Crippen molar-refractivity contribution < 1.29 is 19.0 Å². The van der Waals surface area contributed by atoms with Crippen molar-refractivity contribution in [1.29, 1.82) is 0 Å². The van der Waals surface area contributed by atoms with Crippen LogP contribution >= 0.6 is 11.3 Å². The van der Waals surface area contributed by atoms with Crippen LogP contribution in [0, 0.1) is 0 Å². The van der Waals surface area contributed by atoms with Crippen LogP contribution in [-0.4, -0.2) is 32.2 Å². The van der Waals surface area contributed by atoms with Crippen molar-refractivity contribution in [2.24, 2.45) is 0 Å². The highest BCUT2D eigenvalue weighted by Gasteiger charge is 2.23. The molecule has 192 valence electrons. The first-order valence-corrected chi connectivity index (χ1v) is 12.8. The lowest BCUT2D eigenvalue weighted by atomic mass is 9.98. The average Bonchev–Trinajstić information content (AvgIpc) is 3.31. The van der Waals surface area contributed by atoms with Crippen molar-refractivity contribution >= 4 is 33.1 Å². The Kier molecular flexibility index (Phi) is 7.15. The van der Waals surface area contributed by atoms with Crippen LogP contribution in [0.25, 0.3) is 32.6 Å². The minimum atomic E-state index is -0.244. The predicted octanol–water partition coefficient (Wildman–Crippen LogP) is 6.17. The van der Waals surface area contributed by atoms with Crippen LogP contribution in [0.15, 0.2) is 78.9 Å². The molecule has 0 aliphatic carbocycles. The van der Waals surface area contributed by atoms with Crippen molar-refractivity contribution in [1.82, 2.24) is 10.3 Å². The number of carbonyl (C=O) groups is 1. The number of anilines is 1. The Hall–Kier alpha value is -4.56. The zero-order valence-electron chi connectivity index (χ0n) is 21.3. The molecule has 0 saturated carbocycles. The van der Waals surface area contributed by atoms with E-state index in [1.165, 1.54) is 11.3 Å². The normalized spacial score (nSPS) is 10.8. The lowest BCUT2D eigenvalue weighted by molar-refractivity contribution is 0.0956. The van der Waals surface area contributed by atoms with E-state index < -0.39 is 0 Å².